The first kappa shape index (κ1) is 23.3. The van der Waals surface area contributed by atoms with Crippen molar-refractivity contribution in [3.63, 3.8) is 0 Å². The molecule has 0 unspecified atom stereocenters. The molecule has 0 atom stereocenters. The van der Waals surface area contributed by atoms with Crippen molar-refractivity contribution in [1.82, 2.24) is 0 Å². The van der Waals surface area contributed by atoms with E-state index in [1.54, 1.807) is 19.1 Å². The van der Waals surface area contributed by atoms with Crippen LogP contribution in [0, 0.1) is 0 Å². The number of anilines is 1. The summed E-state index contributed by atoms with van der Waals surface area (Å²) in [6, 6.07) is 24.9. The molecule has 6 heteroatoms. The Balaban J connectivity index is 1.59. The lowest BCUT2D eigenvalue weighted by Crippen LogP contribution is -2.14. The van der Waals surface area contributed by atoms with Gasteiger partial charge in [0.1, 0.15) is 16.3 Å². The topological polar surface area (TPSA) is 64.6 Å². The van der Waals surface area contributed by atoms with Gasteiger partial charge in [-0.2, -0.15) is 0 Å². The van der Waals surface area contributed by atoms with Crippen molar-refractivity contribution in [3.8, 4) is 28.0 Å². The monoisotopic (exact) mass is 471 g/mol. The van der Waals surface area contributed by atoms with Crippen LogP contribution in [0.1, 0.15) is 34.6 Å². The number of benzene rings is 3. The Morgan fingerprint density at radius 3 is 2.09 bits per heavy atom. The predicted molar refractivity (Wildman–Crippen MR) is 137 cm³/mol. The average Bonchev–Trinajstić information content (AvgIpc) is 3.29. The van der Waals surface area contributed by atoms with Crippen molar-refractivity contribution in [2.45, 2.75) is 13.8 Å². The Morgan fingerprint density at radius 2 is 1.44 bits per heavy atom. The number of amides is 1. The molecule has 0 aliphatic rings. The number of nitrogens with one attached hydrogen (secondary N) is 1. The van der Waals surface area contributed by atoms with Gasteiger partial charge in [-0.25, -0.2) is 4.79 Å². The molecule has 0 radical (unpaired) electrons. The number of carbonyl (C=O) groups excluding carboxylic acids is 2. The highest BCUT2D eigenvalue weighted by Crippen LogP contribution is 2.37. The molecule has 0 fully saturated rings. The third kappa shape index (κ3) is 5.18. The molecule has 3 aromatic carbocycles. The minimum atomic E-state index is -0.470. The zero-order valence-corrected chi connectivity index (χ0v) is 19.9. The quantitative estimate of drug-likeness (QED) is 0.284. The summed E-state index contributed by atoms with van der Waals surface area (Å²) in [6.07, 6.45) is 0. The van der Waals surface area contributed by atoms with Crippen molar-refractivity contribution >= 4 is 28.2 Å². The molecule has 172 valence electrons. The molecule has 0 bridgehead atoms. The van der Waals surface area contributed by atoms with E-state index in [1.807, 2.05) is 79.0 Å². The molecular weight excluding hydrogens is 446 g/mol. The number of thiophene rings is 1. The van der Waals surface area contributed by atoms with Crippen LogP contribution in [-0.2, 0) is 4.74 Å². The van der Waals surface area contributed by atoms with Gasteiger partial charge in [0, 0.05) is 16.5 Å². The molecular formula is C28H25NO4S. The Hall–Kier alpha value is -3.90. The van der Waals surface area contributed by atoms with E-state index in [0.717, 1.165) is 22.4 Å². The second kappa shape index (κ2) is 10.8. The number of hydrogen-bond donors (Lipinski definition) is 1. The third-order valence-electron chi connectivity index (χ3n) is 5.23. The first-order valence-electron chi connectivity index (χ1n) is 11.1. The van der Waals surface area contributed by atoms with Gasteiger partial charge in [-0.1, -0.05) is 54.6 Å². The smallest absolute Gasteiger partial charge is 0.341 e. The van der Waals surface area contributed by atoms with E-state index in [-0.39, 0.29) is 12.5 Å². The minimum absolute atomic E-state index is 0.242. The maximum Gasteiger partial charge on any atom is 0.341 e. The zero-order valence-electron chi connectivity index (χ0n) is 19.0. The molecule has 34 heavy (non-hydrogen) atoms. The Bertz CT molecular complexity index is 1260. The first-order valence-corrected chi connectivity index (χ1v) is 12.0. The molecule has 4 rings (SSSR count). The van der Waals surface area contributed by atoms with Crippen LogP contribution >= 0.6 is 11.3 Å². The number of rotatable bonds is 8. The van der Waals surface area contributed by atoms with Crippen molar-refractivity contribution in [3.05, 3.63) is 95.4 Å². The second-order valence-corrected chi connectivity index (χ2v) is 8.31. The lowest BCUT2D eigenvalue weighted by Gasteiger charge is -2.10. The zero-order chi connectivity index (χ0) is 23.9. The van der Waals surface area contributed by atoms with E-state index in [2.05, 4.69) is 5.32 Å². The fourth-order valence-corrected chi connectivity index (χ4v) is 4.54. The maximum absolute atomic E-state index is 13.0. The van der Waals surface area contributed by atoms with Crippen molar-refractivity contribution < 1.29 is 19.1 Å². The van der Waals surface area contributed by atoms with Crippen LogP contribution in [0.4, 0.5) is 5.00 Å². The van der Waals surface area contributed by atoms with Crippen LogP contribution < -0.4 is 10.1 Å². The summed E-state index contributed by atoms with van der Waals surface area (Å²) >= 11 is 1.30. The molecule has 5 nitrogen and oxygen atoms in total. The highest BCUT2D eigenvalue weighted by atomic mass is 32.1. The summed E-state index contributed by atoms with van der Waals surface area (Å²) < 4.78 is 10.8. The molecule has 0 aliphatic heterocycles. The number of ether oxygens (including phenoxy) is 2. The Kier molecular flexibility index (Phi) is 7.40. The van der Waals surface area contributed by atoms with E-state index < -0.39 is 5.97 Å². The molecule has 4 aromatic rings. The lowest BCUT2D eigenvalue weighted by molar-refractivity contribution is 0.0529. The summed E-state index contributed by atoms with van der Waals surface area (Å²) in [6.45, 7) is 4.50. The Labute approximate surface area is 203 Å². The summed E-state index contributed by atoms with van der Waals surface area (Å²) in [4.78, 5) is 25.8. The molecule has 0 saturated heterocycles. The van der Waals surface area contributed by atoms with E-state index >= 15 is 0 Å². The molecule has 0 saturated carbocycles. The standard InChI is InChI=1S/C28H25NO4S/c1-3-32-23-16-14-21(15-17-23)24-18-34-27(25(24)28(31)33-4-2)29-26(30)22-12-10-20(11-13-22)19-8-6-5-7-9-19/h5-18H,3-4H2,1-2H3,(H,29,30). The lowest BCUT2D eigenvalue weighted by atomic mass is 10.0. The number of esters is 1. The van der Waals surface area contributed by atoms with E-state index in [4.69, 9.17) is 9.47 Å². The predicted octanol–water partition coefficient (Wildman–Crippen LogP) is 6.91. The molecule has 1 aromatic heterocycles. The Morgan fingerprint density at radius 1 is 0.794 bits per heavy atom. The summed E-state index contributed by atoms with van der Waals surface area (Å²) in [5, 5.41) is 5.22. The number of hydrogen-bond acceptors (Lipinski definition) is 5. The highest BCUT2D eigenvalue weighted by molar-refractivity contribution is 7.15. The minimum Gasteiger partial charge on any atom is -0.494 e. The van der Waals surface area contributed by atoms with Gasteiger partial charge in [0.25, 0.3) is 5.91 Å². The van der Waals surface area contributed by atoms with Crippen LogP contribution in [0.5, 0.6) is 5.75 Å². The van der Waals surface area contributed by atoms with Gasteiger partial charge < -0.3 is 14.8 Å². The second-order valence-electron chi connectivity index (χ2n) is 7.43. The van der Waals surface area contributed by atoms with E-state index in [9.17, 15) is 9.59 Å². The van der Waals surface area contributed by atoms with Crippen LogP contribution in [-0.4, -0.2) is 25.1 Å². The van der Waals surface area contributed by atoms with Gasteiger partial charge in [0.15, 0.2) is 0 Å². The van der Waals surface area contributed by atoms with Gasteiger partial charge >= 0.3 is 5.97 Å². The largest absolute Gasteiger partial charge is 0.494 e. The van der Waals surface area contributed by atoms with E-state index in [0.29, 0.717) is 28.3 Å². The van der Waals surface area contributed by atoms with Gasteiger partial charge in [-0.15, -0.1) is 11.3 Å². The van der Waals surface area contributed by atoms with Crippen LogP contribution in [0.3, 0.4) is 0 Å². The third-order valence-corrected chi connectivity index (χ3v) is 6.12. The molecule has 1 heterocycles. The SMILES string of the molecule is CCOC(=O)c1c(-c2ccc(OCC)cc2)csc1NC(=O)c1ccc(-c2ccccc2)cc1. The van der Waals surface area contributed by atoms with Crippen LogP contribution in [0.2, 0.25) is 0 Å². The van der Waals surface area contributed by atoms with Crippen LogP contribution in [0.15, 0.2) is 84.2 Å². The van der Waals surface area contributed by atoms with Crippen molar-refractivity contribution in [1.29, 1.82) is 0 Å². The van der Waals surface area contributed by atoms with E-state index in [1.165, 1.54) is 11.3 Å². The number of carbonyl (C=O) groups is 2. The first-order chi connectivity index (χ1) is 16.6. The molecule has 1 N–H and O–H groups in total. The van der Waals surface area contributed by atoms with Crippen LogP contribution in [0.25, 0.3) is 22.3 Å². The van der Waals surface area contributed by atoms with Gasteiger partial charge in [0.05, 0.1) is 13.2 Å². The van der Waals surface area contributed by atoms with Gasteiger partial charge in [-0.3, -0.25) is 4.79 Å². The fourth-order valence-electron chi connectivity index (χ4n) is 3.59. The fraction of sp³-hybridized carbons (Fsp3) is 0.143. The summed E-state index contributed by atoms with van der Waals surface area (Å²) in [5.41, 5.74) is 4.52. The van der Waals surface area contributed by atoms with Gasteiger partial charge in [-0.05, 0) is 54.8 Å². The molecule has 0 aliphatic carbocycles. The summed E-state index contributed by atoms with van der Waals surface area (Å²) in [5.74, 6) is -0.000690. The summed E-state index contributed by atoms with van der Waals surface area (Å²) in [7, 11) is 0. The highest BCUT2D eigenvalue weighted by Gasteiger charge is 2.23. The molecule has 0 spiro atoms. The normalized spacial score (nSPS) is 10.5. The van der Waals surface area contributed by atoms with Crippen molar-refractivity contribution in [2.75, 3.05) is 18.5 Å². The average molecular weight is 472 g/mol. The maximum atomic E-state index is 13.0. The van der Waals surface area contributed by atoms with Crippen molar-refractivity contribution in [2.24, 2.45) is 0 Å². The molecule has 1 amide bonds. The van der Waals surface area contributed by atoms with Gasteiger partial charge in [0.2, 0.25) is 0 Å².